The summed E-state index contributed by atoms with van der Waals surface area (Å²) in [4.78, 5) is 0. The van der Waals surface area contributed by atoms with E-state index in [9.17, 15) is 4.39 Å². The van der Waals surface area contributed by atoms with Crippen LogP contribution in [0, 0.1) is 5.82 Å². The summed E-state index contributed by atoms with van der Waals surface area (Å²) in [6.07, 6.45) is 1.41. The van der Waals surface area contributed by atoms with Crippen molar-refractivity contribution in [1.82, 2.24) is 0 Å². The lowest BCUT2D eigenvalue weighted by molar-refractivity contribution is 0.0158. The Hall–Kier alpha value is -1.23. The zero-order valence-electron chi connectivity index (χ0n) is 6.38. The molecule has 0 saturated carbocycles. The van der Waals surface area contributed by atoms with Crippen LogP contribution in [0.3, 0.4) is 0 Å². The molecule has 5 heteroatoms. The fraction of sp³-hybridized carbons (Fsp3) is 0. The van der Waals surface area contributed by atoms with Crippen LogP contribution in [0.1, 0.15) is 0 Å². The highest BCUT2D eigenvalue weighted by molar-refractivity contribution is 9.10. The van der Waals surface area contributed by atoms with E-state index in [0.717, 1.165) is 5.69 Å². The smallest absolute Gasteiger partial charge is 0.288 e. The van der Waals surface area contributed by atoms with Gasteiger partial charge in [0, 0.05) is 4.47 Å². The third kappa shape index (κ3) is 1.75. The highest BCUT2D eigenvalue weighted by atomic mass is 79.9. The van der Waals surface area contributed by atoms with E-state index in [0.29, 0.717) is 10.4 Å². The quantitative estimate of drug-likeness (QED) is 0.824. The predicted octanol–water partition coefficient (Wildman–Crippen LogP) is 3.52. The van der Waals surface area contributed by atoms with Crippen LogP contribution in [-0.2, 0) is 0 Å². The summed E-state index contributed by atoms with van der Waals surface area (Å²) in [5.74, 6) is 0.199. The van der Waals surface area contributed by atoms with Crippen molar-refractivity contribution < 1.29 is 13.5 Å². The molecule has 0 saturated heterocycles. The second kappa shape index (κ2) is 3.26. The van der Waals surface area contributed by atoms with Crippen LogP contribution in [0.4, 0.5) is 16.0 Å². The molecule has 3 nitrogen and oxygen atoms in total. The van der Waals surface area contributed by atoms with Crippen molar-refractivity contribution in [3.8, 4) is 0 Å². The maximum absolute atomic E-state index is 12.7. The Morgan fingerprint density at radius 2 is 2.15 bits per heavy atom. The summed E-state index contributed by atoms with van der Waals surface area (Å²) in [5, 5.41) is 2.87. The van der Waals surface area contributed by atoms with Gasteiger partial charge in [-0.15, -0.1) is 0 Å². The van der Waals surface area contributed by atoms with E-state index in [-0.39, 0.29) is 5.82 Å². The lowest BCUT2D eigenvalue weighted by atomic mass is 10.3. The second-order valence-electron chi connectivity index (χ2n) is 2.41. The molecule has 1 N–H and O–H groups in total. The summed E-state index contributed by atoms with van der Waals surface area (Å²) >= 11 is 3.20. The predicted molar refractivity (Wildman–Crippen MR) is 48.4 cm³/mol. The van der Waals surface area contributed by atoms with E-state index in [4.69, 9.17) is 0 Å². The minimum absolute atomic E-state index is 0.294. The van der Waals surface area contributed by atoms with Crippen LogP contribution < -0.4 is 5.32 Å². The zero-order valence-corrected chi connectivity index (χ0v) is 7.97. The number of hydrogen-bond acceptors (Lipinski definition) is 3. The Morgan fingerprint density at radius 1 is 1.38 bits per heavy atom. The van der Waals surface area contributed by atoms with Crippen molar-refractivity contribution >= 4 is 27.5 Å². The van der Waals surface area contributed by atoms with Crippen LogP contribution in [0.5, 0.6) is 0 Å². The highest BCUT2D eigenvalue weighted by Crippen LogP contribution is 2.27. The van der Waals surface area contributed by atoms with Gasteiger partial charge in [0.1, 0.15) is 5.82 Å². The van der Waals surface area contributed by atoms with Gasteiger partial charge in [-0.05, 0) is 34.1 Å². The Bertz CT molecular complexity index is 401. The van der Waals surface area contributed by atoms with Crippen molar-refractivity contribution in [2.45, 2.75) is 0 Å². The molecule has 0 aliphatic rings. The van der Waals surface area contributed by atoms with Crippen molar-refractivity contribution in [2.24, 2.45) is 0 Å². The van der Waals surface area contributed by atoms with Gasteiger partial charge in [0.15, 0.2) is 0 Å². The van der Waals surface area contributed by atoms with Gasteiger partial charge in [0.2, 0.25) is 6.26 Å². The first-order chi connectivity index (χ1) is 6.25. The molecule has 68 valence electrons. The summed E-state index contributed by atoms with van der Waals surface area (Å²) in [6.45, 7) is 0. The minimum Gasteiger partial charge on any atom is -0.319 e. The maximum atomic E-state index is 12.7. The van der Waals surface area contributed by atoms with E-state index in [1.165, 1.54) is 18.4 Å². The fourth-order valence-electron chi connectivity index (χ4n) is 0.870. The van der Waals surface area contributed by atoms with Gasteiger partial charge >= 0.3 is 0 Å². The van der Waals surface area contributed by atoms with E-state index >= 15 is 0 Å². The number of nitrogens with one attached hydrogen (secondary N) is 1. The number of halogens is 2. The molecule has 0 aliphatic heterocycles. The third-order valence-corrected chi connectivity index (χ3v) is 2.14. The van der Waals surface area contributed by atoms with Gasteiger partial charge in [0.25, 0.3) is 5.88 Å². The molecular weight excluding hydrogens is 241 g/mol. The molecule has 2 rings (SSSR count). The Kier molecular flexibility index (Phi) is 2.10. The van der Waals surface area contributed by atoms with Crippen LogP contribution in [-0.4, -0.2) is 0 Å². The Morgan fingerprint density at radius 3 is 2.69 bits per heavy atom. The molecule has 0 unspecified atom stereocenters. The van der Waals surface area contributed by atoms with Crippen LogP contribution in [0.25, 0.3) is 0 Å². The van der Waals surface area contributed by atoms with E-state index in [2.05, 4.69) is 30.4 Å². The van der Waals surface area contributed by atoms with Crippen LogP contribution in [0.2, 0.25) is 0 Å². The first-order valence-corrected chi connectivity index (χ1v) is 4.30. The lowest BCUT2D eigenvalue weighted by Gasteiger charge is -2.06. The largest absolute Gasteiger partial charge is 0.319 e. The molecule has 0 amide bonds. The first-order valence-electron chi connectivity index (χ1n) is 3.51. The Balaban J connectivity index is 2.23. The number of anilines is 2. The van der Waals surface area contributed by atoms with Crippen molar-refractivity contribution in [2.75, 3.05) is 5.32 Å². The highest BCUT2D eigenvalue weighted by Gasteiger charge is 2.05. The molecule has 1 aromatic heterocycles. The summed E-state index contributed by atoms with van der Waals surface area (Å²) in [5.41, 5.74) is 0.718. The standard InChI is InChI=1S/C8H5BrFNO2/c9-6-3-5(10)1-2-7(6)11-8-4-12-13-8/h1-4,11H. The molecule has 0 atom stereocenters. The van der Waals surface area contributed by atoms with Gasteiger partial charge < -0.3 is 5.32 Å². The summed E-state index contributed by atoms with van der Waals surface area (Å²) < 4.78 is 22.2. The van der Waals surface area contributed by atoms with Crippen molar-refractivity contribution in [1.29, 1.82) is 0 Å². The molecule has 0 radical (unpaired) electrons. The number of rotatable bonds is 2. The van der Waals surface area contributed by atoms with Crippen LogP contribution in [0.15, 0.2) is 38.1 Å². The zero-order chi connectivity index (χ0) is 9.26. The van der Waals surface area contributed by atoms with E-state index in [1.54, 1.807) is 6.07 Å². The van der Waals surface area contributed by atoms with Gasteiger partial charge in [0.05, 0.1) is 5.69 Å². The topological polar surface area (TPSA) is 38.3 Å². The van der Waals surface area contributed by atoms with E-state index < -0.39 is 0 Å². The average Bonchev–Trinajstić information content (AvgIpc) is 1.99. The SMILES string of the molecule is Fc1ccc(Nc2coo2)c(Br)c1. The first kappa shape index (κ1) is 8.37. The number of hydrogen-bond donors (Lipinski definition) is 1. The maximum Gasteiger partial charge on any atom is 0.288 e. The lowest BCUT2D eigenvalue weighted by Crippen LogP contribution is -1.92. The summed E-state index contributed by atoms with van der Waals surface area (Å²) in [6, 6.07) is 4.32. The molecule has 0 spiro atoms. The molecule has 1 heterocycles. The number of benzene rings is 1. The summed E-state index contributed by atoms with van der Waals surface area (Å²) in [7, 11) is 0. The van der Waals surface area contributed by atoms with Crippen LogP contribution >= 0.6 is 15.9 Å². The van der Waals surface area contributed by atoms with Gasteiger partial charge in [-0.3, -0.25) is 9.15 Å². The molecule has 1 aromatic carbocycles. The fourth-order valence-corrected chi connectivity index (χ4v) is 1.32. The van der Waals surface area contributed by atoms with E-state index in [1.807, 2.05) is 0 Å². The van der Waals surface area contributed by atoms with Gasteiger partial charge in [-0.2, -0.15) is 0 Å². The minimum atomic E-state index is -0.294. The monoisotopic (exact) mass is 245 g/mol. The average molecular weight is 246 g/mol. The molecule has 13 heavy (non-hydrogen) atoms. The van der Waals surface area contributed by atoms with Crippen molar-refractivity contribution in [3.05, 3.63) is 34.8 Å². The van der Waals surface area contributed by atoms with Gasteiger partial charge in [-0.1, -0.05) is 0 Å². The normalized spacial score (nSPS) is 10.3. The molecule has 0 aliphatic carbocycles. The molecule has 0 bridgehead atoms. The molecular formula is C8H5BrFNO2. The van der Waals surface area contributed by atoms with Gasteiger partial charge in [-0.25, -0.2) is 4.39 Å². The molecule has 0 fully saturated rings. The van der Waals surface area contributed by atoms with Crippen molar-refractivity contribution in [3.63, 3.8) is 0 Å². The molecule has 2 aromatic rings. The Labute approximate surface area is 81.6 Å². The third-order valence-electron chi connectivity index (χ3n) is 1.48. The second-order valence-corrected chi connectivity index (χ2v) is 3.27.